The maximum Gasteiger partial charge on any atom is 0.294 e. The van der Waals surface area contributed by atoms with E-state index in [1.54, 1.807) is 24.3 Å². The number of rotatable bonds is 8. The first-order valence-electron chi connectivity index (χ1n) is 8.02. The zero-order chi connectivity index (χ0) is 15.9. The van der Waals surface area contributed by atoms with Crippen LogP contribution in [0.15, 0.2) is 29.1 Å². The van der Waals surface area contributed by atoms with E-state index in [9.17, 15) is 9.90 Å². The van der Waals surface area contributed by atoms with Crippen LogP contribution in [0.25, 0.3) is 5.69 Å². The van der Waals surface area contributed by atoms with Crippen LogP contribution in [0.4, 0.5) is 5.69 Å². The van der Waals surface area contributed by atoms with Gasteiger partial charge in [0.05, 0.1) is 11.4 Å². The van der Waals surface area contributed by atoms with Gasteiger partial charge in [0.1, 0.15) is 11.4 Å². The molecule has 0 aliphatic rings. The van der Waals surface area contributed by atoms with E-state index < -0.39 is 0 Å². The molecule has 0 bridgehead atoms. The third-order valence-electron chi connectivity index (χ3n) is 3.89. The number of hydrogen-bond acceptors (Lipinski definition) is 3. The number of nitrogen functional groups attached to an aromatic ring is 1. The fourth-order valence-corrected chi connectivity index (χ4v) is 2.55. The molecule has 2 rings (SSSR count). The number of aromatic amines is 1. The van der Waals surface area contributed by atoms with Crippen molar-refractivity contribution in [3.63, 3.8) is 0 Å². The summed E-state index contributed by atoms with van der Waals surface area (Å²) in [6.07, 6.45) is 8.02. The van der Waals surface area contributed by atoms with Gasteiger partial charge >= 0.3 is 0 Å². The molecular weight excluding hydrogens is 278 g/mol. The van der Waals surface area contributed by atoms with Crippen molar-refractivity contribution in [2.75, 3.05) is 5.73 Å². The van der Waals surface area contributed by atoms with E-state index in [-0.39, 0.29) is 11.3 Å². The lowest BCUT2D eigenvalue weighted by atomic mass is 10.1. The summed E-state index contributed by atoms with van der Waals surface area (Å²) < 4.78 is 1.43. The summed E-state index contributed by atoms with van der Waals surface area (Å²) >= 11 is 0. The lowest BCUT2D eigenvalue weighted by Gasteiger charge is -2.02. The largest absolute Gasteiger partial charge is 0.508 e. The van der Waals surface area contributed by atoms with Crippen LogP contribution in [-0.2, 0) is 6.42 Å². The number of nitrogens with two attached hydrogens (primary N) is 1. The Bertz CT molecular complexity index is 641. The zero-order valence-corrected chi connectivity index (χ0v) is 13.1. The first kappa shape index (κ1) is 16.2. The van der Waals surface area contributed by atoms with Gasteiger partial charge in [0.15, 0.2) is 0 Å². The SMILES string of the molecule is CCCCCCCCc1[nH]n(-c2ccc(O)cc2)c(=O)c1N. The van der Waals surface area contributed by atoms with Gasteiger partial charge in [-0.1, -0.05) is 39.0 Å². The van der Waals surface area contributed by atoms with Gasteiger partial charge in [0, 0.05) is 0 Å². The maximum absolute atomic E-state index is 12.2. The number of unbranched alkanes of at least 4 members (excludes halogenated alkanes) is 5. The molecule has 0 aliphatic carbocycles. The van der Waals surface area contributed by atoms with Crippen LogP contribution in [0.2, 0.25) is 0 Å². The molecule has 22 heavy (non-hydrogen) atoms. The number of nitrogens with zero attached hydrogens (tertiary/aromatic N) is 1. The first-order chi connectivity index (χ1) is 10.6. The molecule has 1 aromatic carbocycles. The third-order valence-corrected chi connectivity index (χ3v) is 3.89. The van der Waals surface area contributed by atoms with Crippen LogP contribution in [0, 0.1) is 0 Å². The second-order valence-corrected chi connectivity index (χ2v) is 5.68. The Morgan fingerprint density at radius 2 is 1.73 bits per heavy atom. The number of anilines is 1. The number of phenolic OH excluding ortho intramolecular Hbond substituents is 1. The van der Waals surface area contributed by atoms with Crippen molar-refractivity contribution in [2.45, 2.75) is 51.9 Å². The molecule has 0 amide bonds. The Morgan fingerprint density at radius 3 is 2.41 bits per heavy atom. The average molecular weight is 303 g/mol. The summed E-state index contributed by atoms with van der Waals surface area (Å²) in [5.74, 6) is 0.170. The predicted octanol–water partition coefficient (Wildman–Crippen LogP) is 3.36. The van der Waals surface area contributed by atoms with Gasteiger partial charge in [-0.25, -0.2) is 4.68 Å². The first-order valence-corrected chi connectivity index (χ1v) is 8.02. The van der Waals surface area contributed by atoms with Crippen molar-refractivity contribution in [3.05, 3.63) is 40.3 Å². The number of aryl methyl sites for hydroxylation is 1. The van der Waals surface area contributed by atoms with E-state index in [0.29, 0.717) is 11.4 Å². The van der Waals surface area contributed by atoms with Gasteiger partial charge in [-0.15, -0.1) is 0 Å². The topological polar surface area (TPSA) is 84.0 Å². The molecule has 0 atom stereocenters. The fourth-order valence-electron chi connectivity index (χ4n) is 2.55. The van der Waals surface area contributed by atoms with Crippen LogP contribution < -0.4 is 11.3 Å². The Labute approximate surface area is 130 Å². The van der Waals surface area contributed by atoms with Crippen LogP contribution in [0.3, 0.4) is 0 Å². The van der Waals surface area contributed by atoms with Crippen LogP contribution in [0.1, 0.15) is 51.1 Å². The second kappa shape index (κ2) is 7.73. The molecule has 1 aromatic heterocycles. The number of aromatic nitrogens is 2. The molecule has 1 heterocycles. The van der Waals surface area contributed by atoms with Gasteiger partial charge in [-0.3, -0.25) is 9.89 Å². The third kappa shape index (κ3) is 3.93. The van der Waals surface area contributed by atoms with E-state index in [2.05, 4.69) is 12.0 Å². The minimum Gasteiger partial charge on any atom is -0.508 e. The van der Waals surface area contributed by atoms with Crippen molar-refractivity contribution < 1.29 is 5.11 Å². The van der Waals surface area contributed by atoms with Crippen molar-refractivity contribution in [1.82, 2.24) is 9.78 Å². The Morgan fingerprint density at radius 1 is 1.09 bits per heavy atom. The van der Waals surface area contributed by atoms with E-state index in [0.717, 1.165) is 25.0 Å². The lowest BCUT2D eigenvalue weighted by Crippen LogP contribution is -2.16. The summed E-state index contributed by atoms with van der Waals surface area (Å²) in [6, 6.07) is 6.46. The van der Waals surface area contributed by atoms with Gasteiger partial charge in [-0.05, 0) is 37.1 Å². The molecule has 120 valence electrons. The number of nitrogens with one attached hydrogen (secondary N) is 1. The molecule has 0 saturated heterocycles. The fraction of sp³-hybridized carbons (Fsp3) is 0.471. The van der Waals surface area contributed by atoms with E-state index in [4.69, 9.17) is 5.73 Å². The van der Waals surface area contributed by atoms with Crippen LogP contribution in [0.5, 0.6) is 5.75 Å². The van der Waals surface area contributed by atoms with Crippen molar-refractivity contribution in [1.29, 1.82) is 0 Å². The molecule has 4 N–H and O–H groups in total. The van der Waals surface area contributed by atoms with Gasteiger partial charge in [-0.2, -0.15) is 0 Å². The Kier molecular flexibility index (Phi) is 5.69. The zero-order valence-electron chi connectivity index (χ0n) is 13.1. The molecule has 0 aliphatic heterocycles. The molecule has 0 fully saturated rings. The van der Waals surface area contributed by atoms with E-state index in [1.807, 2.05) is 0 Å². The second-order valence-electron chi connectivity index (χ2n) is 5.68. The molecule has 5 heteroatoms. The summed E-state index contributed by atoms with van der Waals surface area (Å²) in [5.41, 5.74) is 7.45. The highest BCUT2D eigenvalue weighted by molar-refractivity contribution is 5.45. The average Bonchev–Trinajstić information content (AvgIpc) is 2.80. The smallest absolute Gasteiger partial charge is 0.294 e. The molecule has 0 saturated carbocycles. The summed E-state index contributed by atoms with van der Waals surface area (Å²) in [4.78, 5) is 12.2. The highest BCUT2D eigenvalue weighted by Crippen LogP contribution is 2.15. The number of H-pyrrole nitrogens is 1. The molecule has 2 aromatic rings. The van der Waals surface area contributed by atoms with Gasteiger partial charge < -0.3 is 10.8 Å². The van der Waals surface area contributed by atoms with Crippen LogP contribution in [-0.4, -0.2) is 14.9 Å². The molecular formula is C17H25N3O2. The maximum atomic E-state index is 12.2. The molecule has 5 nitrogen and oxygen atoms in total. The number of aromatic hydroxyl groups is 1. The minimum atomic E-state index is -0.230. The Balaban J connectivity index is 2.00. The summed E-state index contributed by atoms with van der Waals surface area (Å²) in [5, 5.41) is 12.4. The normalized spacial score (nSPS) is 11.0. The lowest BCUT2D eigenvalue weighted by molar-refractivity contribution is 0.475. The highest BCUT2D eigenvalue weighted by atomic mass is 16.3. The summed E-state index contributed by atoms with van der Waals surface area (Å²) in [7, 11) is 0. The van der Waals surface area contributed by atoms with Crippen molar-refractivity contribution in [2.24, 2.45) is 0 Å². The van der Waals surface area contributed by atoms with Gasteiger partial charge in [0.2, 0.25) is 0 Å². The minimum absolute atomic E-state index is 0.170. The predicted molar refractivity (Wildman–Crippen MR) is 89.5 cm³/mol. The molecule has 0 radical (unpaired) electrons. The summed E-state index contributed by atoms with van der Waals surface area (Å²) in [6.45, 7) is 2.21. The highest BCUT2D eigenvalue weighted by Gasteiger charge is 2.11. The monoisotopic (exact) mass is 303 g/mol. The standard InChI is InChI=1S/C17H25N3O2/c1-2-3-4-5-6-7-8-15-16(18)17(22)20(19-15)13-9-11-14(21)12-10-13/h9-12,19,21H,2-8,18H2,1H3. The number of hydrogen-bond donors (Lipinski definition) is 3. The van der Waals surface area contributed by atoms with Crippen LogP contribution >= 0.6 is 0 Å². The Hall–Kier alpha value is -2.17. The van der Waals surface area contributed by atoms with Crippen molar-refractivity contribution in [3.8, 4) is 11.4 Å². The molecule has 0 spiro atoms. The quantitative estimate of drug-likeness (QED) is 0.654. The van der Waals surface area contributed by atoms with E-state index in [1.165, 1.54) is 30.4 Å². The molecule has 0 unspecified atom stereocenters. The van der Waals surface area contributed by atoms with E-state index >= 15 is 0 Å². The number of phenols is 1. The van der Waals surface area contributed by atoms with Crippen molar-refractivity contribution >= 4 is 5.69 Å². The van der Waals surface area contributed by atoms with Gasteiger partial charge in [0.25, 0.3) is 5.56 Å². The number of benzene rings is 1.